The summed E-state index contributed by atoms with van der Waals surface area (Å²) in [5.74, 6) is -0.446. The predicted octanol–water partition coefficient (Wildman–Crippen LogP) is 6.81. The molecule has 0 fully saturated rings. The van der Waals surface area contributed by atoms with E-state index in [0.29, 0.717) is 16.3 Å². The Kier molecular flexibility index (Phi) is 4.57. The minimum absolute atomic E-state index is 0.0467. The molecule has 0 aliphatic carbocycles. The van der Waals surface area contributed by atoms with Crippen molar-refractivity contribution in [3.63, 3.8) is 0 Å². The molecule has 32 heavy (non-hydrogen) atoms. The Morgan fingerprint density at radius 3 is 2.38 bits per heavy atom. The summed E-state index contributed by atoms with van der Waals surface area (Å²) in [5, 5.41) is 20.9. The van der Waals surface area contributed by atoms with Crippen molar-refractivity contribution in [3.8, 4) is 26.9 Å². The lowest BCUT2D eigenvalue weighted by Gasteiger charge is -2.18. The predicted molar refractivity (Wildman–Crippen MR) is 130 cm³/mol. The Bertz CT molecular complexity index is 1490. The van der Waals surface area contributed by atoms with Crippen molar-refractivity contribution in [1.29, 1.82) is 0 Å². The highest BCUT2D eigenvalue weighted by Gasteiger charge is 2.16. The average Bonchev–Trinajstić information content (AvgIpc) is 3.40. The number of nitrogens with zero attached hydrogens (tertiary/aromatic N) is 1. The summed E-state index contributed by atoms with van der Waals surface area (Å²) in [6.45, 7) is 6.62. The van der Waals surface area contributed by atoms with Gasteiger partial charge in [-0.1, -0.05) is 51.1 Å². The summed E-state index contributed by atoms with van der Waals surface area (Å²) in [6.07, 6.45) is 0. The molecular formula is C26H22N2O3S. The number of aromatic nitrogens is 2. The number of carboxylic acids is 1. The molecule has 0 unspecified atom stereocenters. The molecule has 5 rings (SSSR count). The van der Waals surface area contributed by atoms with Gasteiger partial charge in [-0.15, -0.1) is 11.3 Å². The van der Waals surface area contributed by atoms with Gasteiger partial charge in [-0.05, 0) is 52.3 Å². The first-order valence-electron chi connectivity index (χ1n) is 10.3. The van der Waals surface area contributed by atoms with E-state index in [1.807, 2.05) is 12.1 Å². The van der Waals surface area contributed by atoms with Gasteiger partial charge < -0.3 is 15.2 Å². The minimum atomic E-state index is -1.08. The number of aromatic carboxylic acids is 1. The second-order valence-electron chi connectivity index (χ2n) is 8.94. The van der Waals surface area contributed by atoms with Gasteiger partial charge in [0, 0.05) is 4.88 Å². The number of H-pyrrole nitrogens is 1. The van der Waals surface area contributed by atoms with Crippen molar-refractivity contribution in [1.82, 2.24) is 9.97 Å². The van der Waals surface area contributed by atoms with E-state index in [2.05, 4.69) is 56.1 Å². The molecule has 0 radical (unpaired) electrons. The second kappa shape index (κ2) is 7.21. The maximum Gasteiger partial charge on any atom is 0.335 e. The third-order valence-corrected chi connectivity index (χ3v) is 6.81. The second-order valence-corrected chi connectivity index (χ2v) is 10.0. The van der Waals surface area contributed by atoms with Gasteiger partial charge in [-0.3, -0.25) is 0 Å². The summed E-state index contributed by atoms with van der Waals surface area (Å²) >= 11 is 1.65. The quantitative estimate of drug-likeness (QED) is 0.286. The third kappa shape index (κ3) is 3.42. The number of phenols is 1. The number of rotatable bonds is 3. The van der Waals surface area contributed by atoms with Gasteiger partial charge in [0.25, 0.3) is 0 Å². The number of carbonyl (C=O) groups is 1. The Morgan fingerprint density at radius 1 is 0.969 bits per heavy atom. The molecule has 3 aromatic carbocycles. The van der Waals surface area contributed by atoms with Crippen LogP contribution in [0, 0.1) is 0 Å². The summed E-state index contributed by atoms with van der Waals surface area (Å²) < 4.78 is 0. The number of nitrogens with one attached hydrogen (secondary N) is 1. The van der Waals surface area contributed by atoms with E-state index in [1.165, 1.54) is 11.6 Å². The summed E-state index contributed by atoms with van der Waals surface area (Å²) in [5.41, 5.74) is 4.03. The number of fused-ring (bicyclic) bond motifs is 3. The van der Waals surface area contributed by atoms with Crippen molar-refractivity contribution in [2.75, 3.05) is 0 Å². The topological polar surface area (TPSA) is 86.2 Å². The highest BCUT2D eigenvalue weighted by molar-refractivity contribution is 7.18. The highest BCUT2D eigenvalue weighted by atomic mass is 32.1. The number of aromatic amines is 1. The number of imidazole rings is 1. The molecule has 0 aliphatic rings. The molecule has 0 saturated carbocycles. The van der Waals surface area contributed by atoms with Crippen LogP contribution in [0.1, 0.15) is 36.7 Å². The van der Waals surface area contributed by atoms with Crippen molar-refractivity contribution < 1.29 is 15.0 Å². The van der Waals surface area contributed by atoms with Crippen LogP contribution in [0.5, 0.6) is 5.75 Å². The van der Waals surface area contributed by atoms with Crippen molar-refractivity contribution in [2.45, 2.75) is 26.2 Å². The van der Waals surface area contributed by atoms with Crippen LogP contribution in [0.4, 0.5) is 0 Å². The largest absolute Gasteiger partial charge is 0.507 e. The van der Waals surface area contributed by atoms with Gasteiger partial charge in [0.2, 0.25) is 0 Å². The van der Waals surface area contributed by atoms with E-state index in [-0.39, 0.29) is 16.7 Å². The number of thiophene rings is 1. The van der Waals surface area contributed by atoms with Gasteiger partial charge >= 0.3 is 5.97 Å². The lowest BCUT2D eigenvalue weighted by atomic mass is 9.86. The molecular weight excluding hydrogens is 420 g/mol. The van der Waals surface area contributed by atoms with Crippen LogP contribution >= 0.6 is 11.3 Å². The Morgan fingerprint density at radius 2 is 1.69 bits per heavy atom. The van der Waals surface area contributed by atoms with Crippen LogP contribution in [0.25, 0.3) is 42.9 Å². The Balaban J connectivity index is 1.55. The zero-order valence-corrected chi connectivity index (χ0v) is 18.7. The van der Waals surface area contributed by atoms with E-state index >= 15 is 0 Å². The lowest BCUT2D eigenvalue weighted by molar-refractivity contribution is 0.0696. The van der Waals surface area contributed by atoms with Crippen LogP contribution in [0.3, 0.4) is 0 Å². The standard InChI is InChI=1S/C26H22N2O3S/c1-26(2,3)17-7-4-14(5-8-17)20-10-11-21(32-20)24-27-18-9-6-15-12-16(25(30)31)13-19(29)22(15)23(18)28-24/h4-13,29H,1-3H3,(H,27,28)(H,30,31). The number of aromatic hydroxyl groups is 1. The summed E-state index contributed by atoms with van der Waals surface area (Å²) in [7, 11) is 0. The lowest BCUT2D eigenvalue weighted by Crippen LogP contribution is -2.10. The van der Waals surface area contributed by atoms with E-state index in [4.69, 9.17) is 4.98 Å². The van der Waals surface area contributed by atoms with Gasteiger partial charge in [-0.25, -0.2) is 9.78 Å². The molecule has 0 aliphatic heterocycles. The highest BCUT2D eigenvalue weighted by Crippen LogP contribution is 2.37. The van der Waals surface area contributed by atoms with Crippen LogP contribution < -0.4 is 0 Å². The smallest absolute Gasteiger partial charge is 0.335 e. The normalized spacial score (nSPS) is 12.0. The molecule has 2 aromatic heterocycles. The fourth-order valence-electron chi connectivity index (χ4n) is 3.90. The molecule has 5 aromatic rings. The SMILES string of the molecule is CC(C)(C)c1ccc(-c2ccc(-c3nc4c(ccc5cc(C(=O)O)cc(O)c54)[nH]3)s2)cc1. The Labute approximate surface area is 189 Å². The first-order valence-corrected chi connectivity index (χ1v) is 11.1. The molecule has 6 heteroatoms. The first-order chi connectivity index (χ1) is 15.2. The zero-order chi connectivity index (χ0) is 22.6. The van der Waals surface area contributed by atoms with E-state index in [0.717, 1.165) is 26.7 Å². The molecule has 2 heterocycles. The molecule has 5 nitrogen and oxygen atoms in total. The number of hydrogen-bond acceptors (Lipinski definition) is 4. The molecule has 0 spiro atoms. The van der Waals surface area contributed by atoms with Crippen molar-refractivity contribution >= 4 is 39.1 Å². The third-order valence-electron chi connectivity index (χ3n) is 5.67. The van der Waals surface area contributed by atoms with Crippen LogP contribution in [0.2, 0.25) is 0 Å². The molecule has 0 amide bonds. The number of carboxylic acid groups (broad SMARTS) is 1. The van der Waals surface area contributed by atoms with Gasteiger partial charge in [0.1, 0.15) is 17.1 Å². The maximum absolute atomic E-state index is 11.3. The molecule has 160 valence electrons. The van der Waals surface area contributed by atoms with Crippen LogP contribution in [-0.2, 0) is 5.41 Å². The van der Waals surface area contributed by atoms with Crippen molar-refractivity contribution in [2.24, 2.45) is 0 Å². The fourth-order valence-corrected chi connectivity index (χ4v) is 4.86. The number of phenolic OH excluding ortho intramolecular Hbond substituents is 1. The van der Waals surface area contributed by atoms with Gasteiger partial charge in [-0.2, -0.15) is 0 Å². The van der Waals surface area contributed by atoms with Gasteiger partial charge in [0.05, 0.1) is 21.3 Å². The van der Waals surface area contributed by atoms with E-state index in [1.54, 1.807) is 23.5 Å². The maximum atomic E-state index is 11.3. The molecule has 0 atom stereocenters. The monoisotopic (exact) mass is 442 g/mol. The summed E-state index contributed by atoms with van der Waals surface area (Å²) in [6, 6.07) is 19.3. The first kappa shape index (κ1) is 20.3. The molecule has 3 N–H and O–H groups in total. The Hall–Kier alpha value is -3.64. The fraction of sp³-hybridized carbons (Fsp3) is 0.154. The zero-order valence-electron chi connectivity index (χ0n) is 17.9. The van der Waals surface area contributed by atoms with E-state index < -0.39 is 5.97 Å². The van der Waals surface area contributed by atoms with Crippen molar-refractivity contribution in [3.05, 3.63) is 71.8 Å². The molecule has 0 bridgehead atoms. The average molecular weight is 443 g/mol. The van der Waals surface area contributed by atoms with Crippen LogP contribution in [-0.4, -0.2) is 26.2 Å². The van der Waals surface area contributed by atoms with E-state index in [9.17, 15) is 15.0 Å². The summed E-state index contributed by atoms with van der Waals surface area (Å²) in [4.78, 5) is 21.5. The number of hydrogen-bond donors (Lipinski definition) is 3. The number of benzene rings is 3. The van der Waals surface area contributed by atoms with Gasteiger partial charge in [0.15, 0.2) is 0 Å². The molecule has 0 saturated heterocycles. The minimum Gasteiger partial charge on any atom is -0.507 e. The van der Waals surface area contributed by atoms with Crippen LogP contribution in [0.15, 0.2) is 60.7 Å².